The highest BCUT2D eigenvalue weighted by Crippen LogP contribution is 2.37. The molecule has 0 bridgehead atoms. The van der Waals surface area contributed by atoms with E-state index in [1.165, 1.54) is 6.07 Å². The first-order chi connectivity index (χ1) is 13.1. The summed E-state index contributed by atoms with van der Waals surface area (Å²) in [5.74, 6) is -1.37. The van der Waals surface area contributed by atoms with Gasteiger partial charge in [-0.1, -0.05) is 12.2 Å². The van der Waals surface area contributed by atoms with E-state index in [0.717, 1.165) is 13.0 Å². The van der Waals surface area contributed by atoms with Crippen LogP contribution in [0.5, 0.6) is 5.75 Å². The van der Waals surface area contributed by atoms with E-state index in [1.54, 1.807) is 6.08 Å². The molecule has 0 saturated heterocycles. The minimum atomic E-state index is -4.28. The number of nitrogens with zero attached hydrogens (tertiary/aromatic N) is 1. The Morgan fingerprint density at radius 2 is 1.82 bits per heavy atom. The van der Waals surface area contributed by atoms with Crippen molar-refractivity contribution in [2.45, 2.75) is 63.5 Å². The van der Waals surface area contributed by atoms with Crippen LogP contribution < -0.4 is 15.0 Å². The van der Waals surface area contributed by atoms with Gasteiger partial charge in [-0.3, -0.25) is 0 Å². The Bertz CT molecular complexity index is 713. The molecule has 3 rings (SSSR count). The van der Waals surface area contributed by atoms with Crippen molar-refractivity contribution >= 4 is 11.8 Å². The molecule has 0 aromatic heterocycles. The summed E-state index contributed by atoms with van der Waals surface area (Å²) in [5.41, 5.74) is 1.16. The van der Waals surface area contributed by atoms with Gasteiger partial charge < -0.3 is 15.0 Å². The third kappa shape index (κ3) is 4.74. The molecule has 2 aliphatic rings. The smallest absolute Gasteiger partial charge is 0.403 e. The number of anilines is 1. The fraction of sp³-hybridized carbons (Fsp3) is 0.579. The number of hydrogen-bond donors (Lipinski definition) is 1. The molecule has 1 atom stereocenters. The molecule has 1 aromatic carbocycles. The van der Waals surface area contributed by atoms with E-state index in [2.05, 4.69) is 10.1 Å². The molecule has 0 radical (unpaired) electrons. The highest BCUT2D eigenvalue weighted by Gasteiger charge is 2.38. The van der Waals surface area contributed by atoms with Gasteiger partial charge in [-0.15, -0.1) is 0 Å². The zero-order chi connectivity index (χ0) is 20.5. The van der Waals surface area contributed by atoms with Crippen LogP contribution in [-0.2, 0) is 0 Å². The third-order valence-corrected chi connectivity index (χ3v) is 5.32. The summed E-state index contributed by atoms with van der Waals surface area (Å²) in [7, 11) is 0. The molecule has 1 aliphatic heterocycles. The van der Waals surface area contributed by atoms with Crippen molar-refractivity contribution in [3.8, 4) is 5.75 Å². The lowest BCUT2D eigenvalue weighted by molar-refractivity contribution is -0.153. The summed E-state index contributed by atoms with van der Waals surface area (Å²) in [6.45, 7) is -1.50. The predicted molar refractivity (Wildman–Crippen MR) is 94.1 cm³/mol. The number of halogens is 6. The van der Waals surface area contributed by atoms with Gasteiger partial charge in [-0.05, 0) is 38.7 Å². The number of fused-ring (bicyclic) bond motifs is 1. The van der Waals surface area contributed by atoms with Gasteiger partial charge in [0, 0.05) is 35.9 Å². The van der Waals surface area contributed by atoms with Crippen LogP contribution in [0.3, 0.4) is 0 Å². The van der Waals surface area contributed by atoms with E-state index in [0.29, 0.717) is 43.5 Å². The minimum absolute atomic E-state index is 0.0350. The molecule has 1 aliphatic carbocycles. The Morgan fingerprint density at radius 1 is 1.14 bits per heavy atom. The second-order valence-electron chi connectivity index (χ2n) is 7.21. The Labute approximate surface area is 159 Å². The first-order valence-electron chi connectivity index (χ1n) is 9.19. The van der Waals surface area contributed by atoms with Crippen molar-refractivity contribution in [1.82, 2.24) is 5.32 Å². The van der Waals surface area contributed by atoms with Crippen molar-refractivity contribution < 1.29 is 31.1 Å². The topological polar surface area (TPSA) is 24.5 Å². The summed E-state index contributed by atoms with van der Waals surface area (Å²) in [6.07, 6.45) is 1.74. The van der Waals surface area contributed by atoms with Crippen LogP contribution in [0.1, 0.15) is 38.2 Å². The van der Waals surface area contributed by atoms with Crippen LogP contribution in [0, 0.1) is 5.82 Å². The fourth-order valence-corrected chi connectivity index (χ4v) is 3.87. The highest BCUT2D eigenvalue weighted by molar-refractivity contribution is 5.73. The molecule has 1 N–H and O–H groups in total. The van der Waals surface area contributed by atoms with Gasteiger partial charge in [-0.25, -0.2) is 4.39 Å². The summed E-state index contributed by atoms with van der Waals surface area (Å²) < 4.78 is 81.4. The zero-order valence-corrected chi connectivity index (χ0v) is 15.3. The molecule has 1 heterocycles. The zero-order valence-electron chi connectivity index (χ0n) is 15.3. The minimum Gasteiger partial charge on any atom is -0.432 e. The van der Waals surface area contributed by atoms with Crippen LogP contribution in [0.15, 0.2) is 18.2 Å². The molecule has 156 valence electrons. The Kier molecular flexibility index (Phi) is 6.12. The van der Waals surface area contributed by atoms with Crippen molar-refractivity contribution in [3.63, 3.8) is 0 Å². The second-order valence-corrected chi connectivity index (χ2v) is 7.21. The maximum atomic E-state index is 14.0. The fourth-order valence-electron chi connectivity index (χ4n) is 3.87. The average molecular weight is 408 g/mol. The lowest BCUT2D eigenvalue weighted by Gasteiger charge is -2.40. The van der Waals surface area contributed by atoms with E-state index in [1.807, 2.05) is 11.0 Å². The second kappa shape index (κ2) is 8.23. The molecule has 0 unspecified atom stereocenters. The number of benzene rings is 1. The van der Waals surface area contributed by atoms with E-state index in [4.69, 9.17) is 0 Å². The van der Waals surface area contributed by atoms with Gasteiger partial charge in [0.25, 0.3) is 0 Å². The van der Waals surface area contributed by atoms with Crippen LogP contribution in [0.25, 0.3) is 6.08 Å². The molecule has 9 heteroatoms. The van der Waals surface area contributed by atoms with E-state index in [-0.39, 0.29) is 12.1 Å². The van der Waals surface area contributed by atoms with Crippen molar-refractivity contribution in [3.05, 3.63) is 29.6 Å². The summed E-state index contributed by atoms with van der Waals surface area (Å²) in [4.78, 5) is 1.98. The molecule has 1 saturated carbocycles. The maximum absolute atomic E-state index is 14.0. The summed E-state index contributed by atoms with van der Waals surface area (Å²) >= 11 is 0. The average Bonchev–Trinajstić information content (AvgIpc) is 2.61. The lowest BCUT2D eigenvalue weighted by Crippen LogP contribution is -2.49. The molecule has 3 nitrogen and oxygen atoms in total. The van der Waals surface area contributed by atoms with Gasteiger partial charge in [0.1, 0.15) is 6.04 Å². The van der Waals surface area contributed by atoms with Gasteiger partial charge in [0.15, 0.2) is 11.6 Å². The Hall–Kier alpha value is -1.90. The van der Waals surface area contributed by atoms with Crippen molar-refractivity contribution in [1.29, 1.82) is 0 Å². The maximum Gasteiger partial charge on any atom is 0.403 e. The van der Waals surface area contributed by atoms with E-state index in [9.17, 15) is 26.3 Å². The molecular formula is C19H22F6N2O. The normalized spacial score (nSPS) is 23.6. The number of alkyl halides is 5. The first-order valence-corrected chi connectivity index (χ1v) is 9.19. The van der Waals surface area contributed by atoms with Gasteiger partial charge in [-0.2, -0.15) is 22.0 Å². The SMILES string of the molecule is C[C@@H](NC1CCC(N2CC=Cc3cc(F)c(OC(F)F)cc32)CC1)C(F)(F)F. The number of hydrogen-bond acceptors (Lipinski definition) is 3. The van der Waals surface area contributed by atoms with Crippen LogP contribution in [-0.4, -0.2) is 37.5 Å². The monoisotopic (exact) mass is 408 g/mol. The van der Waals surface area contributed by atoms with Crippen LogP contribution in [0.2, 0.25) is 0 Å². The van der Waals surface area contributed by atoms with E-state index >= 15 is 0 Å². The van der Waals surface area contributed by atoms with E-state index < -0.39 is 30.4 Å². The number of ether oxygens (including phenoxy) is 1. The van der Waals surface area contributed by atoms with Gasteiger partial charge in [0.2, 0.25) is 0 Å². The van der Waals surface area contributed by atoms with Gasteiger partial charge >= 0.3 is 12.8 Å². The van der Waals surface area contributed by atoms with Gasteiger partial charge in [0.05, 0.1) is 0 Å². The van der Waals surface area contributed by atoms with Crippen molar-refractivity contribution in [2.24, 2.45) is 0 Å². The molecule has 1 fully saturated rings. The Balaban J connectivity index is 1.69. The summed E-state index contributed by atoms with van der Waals surface area (Å²) in [5, 5.41) is 2.63. The molecule has 0 spiro atoms. The first kappa shape index (κ1) is 20.8. The van der Waals surface area contributed by atoms with Crippen molar-refractivity contribution in [2.75, 3.05) is 11.4 Å². The Morgan fingerprint density at radius 3 is 2.43 bits per heavy atom. The van der Waals surface area contributed by atoms with Crippen LogP contribution in [0.4, 0.5) is 32.0 Å². The molecular weight excluding hydrogens is 386 g/mol. The summed E-state index contributed by atoms with van der Waals surface area (Å²) in [6, 6.07) is 0.681. The third-order valence-electron chi connectivity index (χ3n) is 5.32. The quantitative estimate of drug-likeness (QED) is 0.685. The standard InChI is InChI=1S/C19H22F6N2O/c1-11(19(23,24)25)26-13-4-6-14(7-5-13)27-8-2-3-12-9-15(20)17(10-16(12)27)28-18(21)22/h2-3,9-11,13-14,18,26H,4-8H2,1H3/t11-,13?,14?/m1/s1. The molecule has 1 aromatic rings. The largest absolute Gasteiger partial charge is 0.432 e. The lowest BCUT2D eigenvalue weighted by atomic mass is 9.88. The highest BCUT2D eigenvalue weighted by atomic mass is 19.4. The number of nitrogens with one attached hydrogen (secondary N) is 1. The number of rotatable bonds is 5. The predicted octanol–water partition coefficient (Wildman–Crippen LogP) is 5.11. The van der Waals surface area contributed by atoms with Crippen LogP contribution >= 0.6 is 0 Å². The molecule has 0 amide bonds. The molecule has 28 heavy (non-hydrogen) atoms.